The van der Waals surface area contributed by atoms with Crippen molar-refractivity contribution >= 4 is 23.4 Å². The highest BCUT2D eigenvalue weighted by Gasteiger charge is 2.13. The molecule has 1 N–H and O–H groups in total. The van der Waals surface area contributed by atoms with Gasteiger partial charge in [0.15, 0.2) is 10.4 Å². The molecule has 5 heteroatoms. The predicted octanol–water partition coefficient (Wildman–Crippen LogP) is 3.39. The quantitative estimate of drug-likeness (QED) is 0.862. The highest BCUT2D eigenvalue weighted by molar-refractivity contribution is 7.71. The largest absolute Gasteiger partial charge is 0.481 e. The number of aromatic amines is 1. The number of aromatic nitrogens is 3. The summed E-state index contributed by atoms with van der Waals surface area (Å²) in [6, 6.07) is 3.79. The van der Waals surface area contributed by atoms with Crippen molar-refractivity contribution < 1.29 is 4.74 Å². The molecule has 1 atom stereocenters. The summed E-state index contributed by atoms with van der Waals surface area (Å²) >= 11 is 5.36. The molecule has 18 heavy (non-hydrogen) atoms. The molecule has 2 aromatic rings. The molecule has 0 aromatic carbocycles. The fourth-order valence-electron chi connectivity index (χ4n) is 1.80. The lowest BCUT2D eigenvalue weighted by Crippen LogP contribution is -2.13. The van der Waals surface area contributed by atoms with Crippen molar-refractivity contribution in [1.82, 2.24) is 14.5 Å². The van der Waals surface area contributed by atoms with Gasteiger partial charge >= 0.3 is 0 Å². The van der Waals surface area contributed by atoms with E-state index in [-0.39, 0.29) is 0 Å². The monoisotopic (exact) mass is 265 g/mol. The van der Waals surface area contributed by atoms with E-state index in [0.29, 0.717) is 17.7 Å². The van der Waals surface area contributed by atoms with Gasteiger partial charge < -0.3 is 14.3 Å². The van der Waals surface area contributed by atoms with E-state index < -0.39 is 0 Å². The van der Waals surface area contributed by atoms with Gasteiger partial charge in [-0.25, -0.2) is 0 Å². The zero-order valence-corrected chi connectivity index (χ0v) is 12.0. The summed E-state index contributed by atoms with van der Waals surface area (Å²) in [6.45, 7) is 7.54. The molecule has 0 fully saturated rings. The Balaban J connectivity index is 2.48. The first kappa shape index (κ1) is 13.1. The van der Waals surface area contributed by atoms with Crippen molar-refractivity contribution in [3.8, 4) is 5.88 Å². The van der Waals surface area contributed by atoms with Crippen molar-refractivity contribution in [2.24, 2.45) is 11.8 Å². The van der Waals surface area contributed by atoms with Gasteiger partial charge in [0.05, 0.1) is 12.6 Å². The minimum absolute atomic E-state index is 0.545. The molecule has 0 saturated carbocycles. The second-order valence-corrected chi connectivity index (χ2v) is 5.37. The molecule has 0 aliphatic carbocycles. The normalized spacial score (nSPS) is 13.2. The van der Waals surface area contributed by atoms with Crippen LogP contribution in [0.1, 0.15) is 20.8 Å². The van der Waals surface area contributed by atoms with Gasteiger partial charge in [0.1, 0.15) is 0 Å². The van der Waals surface area contributed by atoms with Crippen LogP contribution in [0.4, 0.5) is 0 Å². The smallest absolute Gasteiger partial charge is 0.215 e. The third kappa shape index (κ3) is 2.41. The van der Waals surface area contributed by atoms with Crippen LogP contribution >= 0.6 is 12.2 Å². The predicted molar refractivity (Wildman–Crippen MR) is 75.5 cm³/mol. The minimum Gasteiger partial charge on any atom is -0.481 e. The van der Waals surface area contributed by atoms with E-state index in [1.807, 2.05) is 12.1 Å². The molecule has 0 amide bonds. The second kappa shape index (κ2) is 5.10. The number of pyridine rings is 1. The van der Waals surface area contributed by atoms with Gasteiger partial charge in [0.25, 0.3) is 0 Å². The Morgan fingerprint density at radius 2 is 2.11 bits per heavy atom. The third-order valence-corrected chi connectivity index (χ3v) is 3.73. The fraction of sp³-hybridized carbons (Fsp3) is 0.538. The van der Waals surface area contributed by atoms with E-state index >= 15 is 0 Å². The van der Waals surface area contributed by atoms with Crippen LogP contribution in [-0.2, 0) is 6.54 Å². The first-order chi connectivity index (χ1) is 8.52. The molecule has 0 aliphatic heterocycles. The standard InChI is InChI=1S/C13H19N3OS/c1-8(2)9(3)7-16-12-10(14-13(16)18)5-6-11(15-12)17-4/h5-6,8-9H,7H2,1-4H3,(H,14,18). The number of H-pyrrole nitrogens is 1. The summed E-state index contributed by atoms with van der Waals surface area (Å²) < 4.78 is 7.94. The Kier molecular flexibility index (Phi) is 3.71. The Hall–Kier alpha value is -1.36. The lowest BCUT2D eigenvalue weighted by molar-refractivity contribution is 0.365. The molecular weight excluding hydrogens is 246 g/mol. The van der Waals surface area contributed by atoms with E-state index in [1.165, 1.54) is 0 Å². The SMILES string of the molecule is COc1ccc2[nH]c(=S)n(CC(C)C(C)C)c2n1. The zero-order valence-electron chi connectivity index (χ0n) is 11.2. The van der Waals surface area contributed by atoms with Crippen molar-refractivity contribution in [2.75, 3.05) is 7.11 Å². The Bertz CT molecular complexity index is 600. The van der Waals surface area contributed by atoms with Gasteiger partial charge in [-0.05, 0) is 30.1 Å². The molecular formula is C13H19N3OS. The van der Waals surface area contributed by atoms with Crippen LogP contribution in [0.15, 0.2) is 12.1 Å². The molecule has 0 spiro atoms. The molecule has 0 saturated heterocycles. The molecule has 2 aromatic heterocycles. The number of ether oxygens (including phenoxy) is 1. The molecule has 2 heterocycles. The fourth-order valence-corrected chi connectivity index (χ4v) is 2.07. The van der Waals surface area contributed by atoms with E-state index in [2.05, 4.69) is 35.3 Å². The van der Waals surface area contributed by atoms with Crippen molar-refractivity contribution in [1.29, 1.82) is 0 Å². The van der Waals surface area contributed by atoms with Crippen LogP contribution in [0.25, 0.3) is 11.2 Å². The summed E-state index contributed by atoms with van der Waals surface area (Å²) in [5.41, 5.74) is 1.82. The number of hydrogen-bond donors (Lipinski definition) is 1. The van der Waals surface area contributed by atoms with Gasteiger partial charge in [0, 0.05) is 12.6 Å². The van der Waals surface area contributed by atoms with E-state index in [1.54, 1.807) is 7.11 Å². The van der Waals surface area contributed by atoms with Crippen molar-refractivity contribution in [2.45, 2.75) is 27.3 Å². The van der Waals surface area contributed by atoms with Crippen LogP contribution in [0.2, 0.25) is 0 Å². The Morgan fingerprint density at radius 1 is 1.39 bits per heavy atom. The number of imidazole rings is 1. The van der Waals surface area contributed by atoms with E-state index in [9.17, 15) is 0 Å². The molecule has 0 bridgehead atoms. The maximum Gasteiger partial charge on any atom is 0.215 e. The Morgan fingerprint density at radius 3 is 2.72 bits per heavy atom. The van der Waals surface area contributed by atoms with Crippen LogP contribution in [0.3, 0.4) is 0 Å². The van der Waals surface area contributed by atoms with Gasteiger partial charge in [0.2, 0.25) is 5.88 Å². The maximum atomic E-state index is 5.36. The zero-order chi connectivity index (χ0) is 13.3. The average Bonchev–Trinajstić information content (AvgIpc) is 2.65. The number of nitrogens with one attached hydrogen (secondary N) is 1. The average molecular weight is 265 g/mol. The summed E-state index contributed by atoms with van der Waals surface area (Å²) in [5, 5.41) is 0. The number of rotatable bonds is 4. The molecule has 98 valence electrons. The lowest BCUT2D eigenvalue weighted by atomic mass is 9.98. The van der Waals surface area contributed by atoms with Crippen molar-refractivity contribution in [3.63, 3.8) is 0 Å². The molecule has 2 rings (SSSR count). The molecule has 0 radical (unpaired) electrons. The van der Waals surface area contributed by atoms with Crippen LogP contribution in [0, 0.1) is 16.6 Å². The Labute approximate surface area is 112 Å². The lowest BCUT2D eigenvalue weighted by Gasteiger charge is -2.16. The summed E-state index contributed by atoms with van der Waals surface area (Å²) in [5.74, 6) is 1.77. The maximum absolute atomic E-state index is 5.36. The van der Waals surface area contributed by atoms with Crippen LogP contribution < -0.4 is 4.74 Å². The van der Waals surface area contributed by atoms with Gasteiger partial charge in [-0.15, -0.1) is 0 Å². The van der Waals surface area contributed by atoms with Crippen LogP contribution in [0.5, 0.6) is 5.88 Å². The number of hydrogen-bond acceptors (Lipinski definition) is 3. The second-order valence-electron chi connectivity index (χ2n) is 4.99. The summed E-state index contributed by atoms with van der Waals surface area (Å²) in [7, 11) is 1.62. The van der Waals surface area contributed by atoms with Crippen LogP contribution in [-0.4, -0.2) is 21.6 Å². The van der Waals surface area contributed by atoms with Gasteiger partial charge in [-0.1, -0.05) is 20.8 Å². The molecule has 4 nitrogen and oxygen atoms in total. The number of fused-ring (bicyclic) bond motifs is 1. The molecule has 1 unspecified atom stereocenters. The first-order valence-corrected chi connectivity index (χ1v) is 6.57. The summed E-state index contributed by atoms with van der Waals surface area (Å²) in [6.07, 6.45) is 0. The van der Waals surface area contributed by atoms with Gasteiger partial charge in [-0.2, -0.15) is 4.98 Å². The van der Waals surface area contributed by atoms with Gasteiger partial charge in [-0.3, -0.25) is 0 Å². The summed E-state index contributed by atoms with van der Waals surface area (Å²) in [4.78, 5) is 7.65. The van der Waals surface area contributed by atoms with E-state index in [0.717, 1.165) is 22.5 Å². The molecule has 0 aliphatic rings. The topological polar surface area (TPSA) is 42.8 Å². The minimum atomic E-state index is 0.545. The third-order valence-electron chi connectivity index (χ3n) is 3.41. The first-order valence-electron chi connectivity index (χ1n) is 6.16. The number of methoxy groups -OCH3 is 1. The highest BCUT2D eigenvalue weighted by Crippen LogP contribution is 2.20. The highest BCUT2D eigenvalue weighted by atomic mass is 32.1. The van der Waals surface area contributed by atoms with Crippen molar-refractivity contribution in [3.05, 3.63) is 16.9 Å². The van der Waals surface area contributed by atoms with E-state index in [4.69, 9.17) is 17.0 Å². The number of nitrogens with zero attached hydrogens (tertiary/aromatic N) is 2.